The fourth-order valence-electron chi connectivity index (χ4n) is 4.67. The average molecular weight is 505 g/mol. The molecule has 1 aliphatic carbocycles. The first-order valence-corrected chi connectivity index (χ1v) is 17.1. The Morgan fingerprint density at radius 2 is 1.89 bits per heavy atom. The van der Waals surface area contributed by atoms with Gasteiger partial charge >= 0.3 is 0 Å². The molecule has 0 amide bonds. The Morgan fingerprint density at radius 3 is 2.44 bits per heavy atom. The van der Waals surface area contributed by atoms with Crippen LogP contribution in [0.2, 0.25) is 0 Å². The van der Waals surface area contributed by atoms with Crippen molar-refractivity contribution in [2.24, 2.45) is 0 Å². The average Bonchev–Trinajstić information content (AvgIpc) is 2.83. The van der Waals surface area contributed by atoms with Gasteiger partial charge in [-0.1, -0.05) is 73.4 Å². The summed E-state index contributed by atoms with van der Waals surface area (Å²) in [5, 5.41) is 3.40. The normalized spacial score (nSPS) is 17.4. The minimum atomic E-state index is -2.33. The zero-order chi connectivity index (χ0) is 26.8. The number of thiol groups is 1. The van der Waals surface area contributed by atoms with Gasteiger partial charge in [-0.2, -0.15) is 0 Å². The van der Waals surface area contributed by atoms with Crippen LogP contribution in [0.4, 0.5) is 0 Å². The predicted octanol–water partition coefficient (Wildman–Crippen LogP) is 8.87. The highest BCUT2D eigenvalue weighted by Gasteiger charge is 2.32. The van der Waals surface area contributed by atoms with Crippen LogP contribution in [-0.4, -0.2) is 30.0 Å². The van der Waals surface area contributed by atoms with Gasteiger partial charge in [0.2, 0.25) is 0 Å². The van der Waals surface area contributed by atoms with Crippen LogP contribution in [0, 0.1) is 0 Å². The molecule has 1 aliphatic rings. The Kier molecular flexibility index (Phi) is 10.6. The lowest BCUT2D eigenvalue weighted by Crippen LogP contribution is -2.19. The molecule has 0 unspecified atom stereocenters. The smallest absolute Gasteiger partial charge is 0.0746 e. The Morgan fingerprint density at radius 1 is 1.14 bits per heavy atom. The van der Waals surface area contributed by atoms with Crippen LogP contribution in [-0.2, 0) is 0 Å². The monoisotopic (exact) mass is 504 g/mol. The molecule has 0 aromatic carbocycles. The number of pyridine rings is 1. The molecule has 0 aliphatic heterocycles. The van der Waals surface area contributed by atoms with Crippen molar-refractivity contribution in [2.45, 2.75) is 52.5 Å². The van der Waals surface area contributed by atoms with Gasteiger partial charge in [0.25, 0.3) is 0 Å². The highest BCUT2D eigenvalue weighted by molar-refractivity contribution is 8.54. The summed E-state index contributed by atoms with van der Waals surface area (Å²) in [4.78, 5) is 6.64. The summed E-state index contributed by atoms with van der Waals surface area (Å²) < 4.78 is 0. The molecule has 1 heterocycles. The maximum atomic E-state index is 5.30. The van der Waals surface area contributed by atoms with Gasteiger partial charge in [-0.15, -0.1) is 0 Å². The molecule has 1 aromatic heterocycles. The Bertz CT molecular complexity index is 1120. The third-order valence-corrected chi connectivity index (χ3v) is 8.51. The standard InChI is InChI=1S/C33H48N2S/c1-10-14-22-29(34-13-4)30-23-18-24-31(35-30)33(36(6,7,8)9)32(28(12-3)19-11-2)26(5)25-27-20-16-15-17-21-27/h10-16,18-20,23-24,29,34,36H,4-5,17,21-22,25H2,1-3,6-9H3/b14-10-,19-11-,28-12?,33-32+/t29-/m0/s1. The molecule has 0 bridgehead atoms. The molecule has 0 saturated carbocycles. The lowest BCUT2D eigenvalue weighted by molar-refractivity contribution is 0.613. The Labute approximate surface area is 221 Å². The number of nitrogens with zero attached hydrogens (tertiary/aromatic N) is 1. The van der Waals surface area contributed by atoms with E-state index < -0.39 is 9.16 Å². The van der Waals surface area contributed by atoms with Crippen molar-refractivity contribution in [3.63, 3.8) is 0 Å². The first kappa shape index (κ1) is 29.5. The lowest BCUT2D eigenvalue weighted by atomic mass is 9.89. The topological polar surface area (TPSA) is 24.9 Å². The van der Waals surface area contributed by atoms with Crippen molar-refractivity contribution in [1.82, 2.24) is 10.3 Å². The second kappa shape index (κ2) is 13.0. The van der Waals surface area contributed by atoms with Crippen LogP contribution in [0.5, 0.6) is 0 Å². The zero-order valence-corrected chi connectivity index (χ0v) is 24.5. The molecule has 0 radical (unpaired) electrons. The second-order valence-electron chi connectivity index (χ2n) is 11.3. The maximum Gasteiger partial charge on any atom is 0.0746 e. The lowest BCUT2D eigenvalue weighted by Gasteiger charge is -2.51. The van der Waals surface area contributed by atoms with Gasteiger partial charge in [0.05, 0.1) is 17.4 Å². The maximum absolute atomic E-state index is 5.30. The van der Waals surface area contributed by atoms with E-state index in [0.717, 1.165) is 37.1 Å². The van der Waals surface area contributed by atoms with Crippen molar-refractivity contribution >= 4 is 14.1 Å². The van der Waals surface area contributed by atoms with E-state index in [0.29, 0.717) is 0 Å². The third-order valence-electron chi connectivity index (χ3n) is 6.27. The number of hydrogen-bond acceptors (Lipinski definition) is 2. The van der Waals surface area contributed by atoms with Crippen molar-refractivity contribution < 1.29 is 0 Å². The number of allylic oxidation sites excluding steroid dienone is 11. The van der Waals surface area contributed by atoms with Gasteiger partial charge in [0, 0.05) is 4.91 Å². The molecular weight excluding hydrogens is 456 g/mol. The molecule has 196 valence electrons. The van der Waals surface area contributed by atoms with Crippen LogP contribution < -0.4 is 5.32 Å². The molecule has 36 heavy (non-hydrogen) atoms. The van der Waals surface area contributed by atoms with Gasteiger partial charge in [0.15, 0.2) is 0 Å². The van der Waals surface area contributed by atoms with Crippen molar-refractivity contribution in [3.8, 4) is 0 Å². The van der Waals surface area contributed by atoms with Gasteiger partial charge in [-0.25, -0.2) is 0 Å². The van der Waals surface area contributed by atoms with E-state index in [1.165, 1.54) is 27.2 Å². The SMILES string of the molecule is C=CN[C@@H](C/C=C\C)c1cccc(/C(=C(/C(=C)CC2=CC=CCC2)C(=CC)/C=C\C)[SH](C)(C)(C)C)n1. The molecule has 1 atom stereocenters. The van der Waals surface area contributed by atoms with Gasteiger partial charge in [-0.3, -0.25) is 14.1 Å². The summed E-state index contributed by atoms with van der Waals surface area (Å²) in [6.07, 6.45) is 32.9. The molecule has 0 spiro atoms. The van der Waals surface area contributed by atoms with Crippen LogP contribution in [0.15, 0.2) is 108 Å². The van der Waals surface area contributed by atoms with Crippen LogP contribution in [0.25, 0.3) is 4.91 Å². The summed E-state index contributed by atoms with van der Waals surface area (Å²) >= 11 is 0. The Balaban J connectivity index is 2.83. The van der Waals surface area contributed by atoms with E-state index in [-0.39, 0.29) is 6.04 Å². The zero-order valence-electron chi connectivity index (χ0n) is 23.6. The molecule has 0 fully saturated rings. The molecule has 1 aromatic rings. The van der Waals surface area contributed by atoms with E-state index in [1.54, 1.807) is 6.20 Å². The molecule has 1 N–H and O–H groups in total. The minimum Gasteiger partial charge on any atom is -0.383 e. The van der Waals surface area contributed by atoms with E-state index in [9.17, 15) is 0 Å². The second-order valence-corrected chi connectivity index (χ2v) is 18.9. The number of rotatable bonds is 12. The first-order valence-electron chi connectivity index (χ1n) is 13.0. The van der Waals surface area contributed by atoms with Gasteiger partial charge < -0.3 is 5.32 Å². The van der Waals surface area contributed by atoms with Crippen LogP contribution in [0.3, 0.4) is 0 Å². The van der Waals surface area contributed by atoms with E-state index in [4.69, 9.17) is 4.98 Å². The fraction of sp³-hybridized carbons (Fsp3) is 0.364. The molecule has 2 rings (SSSR count). The van der Waals surface area contributed by atoms with Crippen molar-refractivity contribution in [2.75, 3.05) is 25.0 Å². The Hall–Kier alpha value is -2.78. The molecular formula is C33H48N2S. The van der Waals surface area contributed by atoms with Crippen molar-refractivity contribution in [3.05, 3.63) is 120 Å². The summed E-state index contributed by atoms with van der Waals surface area (Å²) in [7, 11) is -2.33. The number of aromatic nitrogens is 1. The van der Waals surface area contributed by atoms with Crippen LogP contribution >= 0.6 is 9.16 Å². The number of nitrogens with one attached hydrogen (secondary N) is 1. The largest absolute Gasteiger partial charge is 0.383 e. The van der Waals surface area contributed by atoms with Crippen LogP contribution in [0.1, 0.15) is 63.9 Å². The highest BCUT2D eigenvalue weighted by Crippen LogP contribution is 2.69. The summed E-state index contributed by atoms with van der Waals surface area (Å²) in [5.41, 5.74) is 7.16. The quantitative estimate of drug-likeness (QED) is 0.169. The highest BCUT2D eigenvalue weighted by atomic mass is 32.3. The van der Waals surface area contributed by atoms with E-state index >= 15 is 0 Å². The van der Waals surface area contributed by atoms with E-state index in [2.05, 4.69) is 131 Å². The summed E-state index contributed by atoms with van der Waals surface area (Å²) in [6, 6.07) is 6.52. The summed E-state index contributed by atoms with van der Waals surface area (Å²) in [5.74, 6) is 0. The van der Waals surface area contributed by atoms with E-state index in [1.807, 2.05) is 0 Å². The fourth-order valence-corrected chi connectivity index (χ4v) is 6.90. The number of hydrogen-bond donors (Lipinski definition) is 2. The van der Waals surface area contributed by atoms with Gasteiger partial charge in [0.1, 0.15) is 0 Å². The summed E-state index contributed by atoms with van der Waals surface area (Å²) in [6.45, 7) is 14.8. The molecule has 2 nitrogen and oxygen atoms in total. The third kappa shape index (κ3) is 8.13. The predicted molar refractivity (Wildman–Crippen MR) is 168 cm³/mol. The molecule has 3 heteroatoms. The minimum absolute atomic E-state index is 0.0795. The first-order chi connectivity index (χ1) is 17.0. The van der Waals surface area contributed by atoms with Crippen molar-refractivity contribution in [1.29, 1.82) is 0 Å². The van der Waals surface area contributed by atoms with Gasteiger partial charge in [-0.05, 0) is 107 Å². The molecule has 0 saturated heterocycles.